The fraction of sp³-hybridized carbons (Fsp3) is 0.200. The van der Waals surface area contributed by atoms with Gasteiger partial charge < -0.3 is 10.1 Å². The third kappa shape index (κ3) is 4.71. The predicted octanol–water partition coefficient (Wildman–Crippen LogP) is 0.991. The zero-order valence-corrected chi connectivity index (χ0v) is 16.5. The Morgan fingerprint density at radius 2 is 1.97 bits per heavy atom. The third-order valence-electron chi connectivity index (χ3n) is 4.35. The summed E-state index contributed by atoms with van der Waals surface area (Å²) in [5, 5.41) is 15.2. The first kappa shape index (κ1) is 20.1. The molecule has 1 N–H and O–H groups in total. The summed E-state index contributed by atoms with van der Waals surface area (Å²) in [6.07, 6.45) is 1.34. The van der Waals surface area contributed by atoms with Crippen LogP contribution in [0, 0.1) is 12.7 Å². The van der Waals surface area contributed by atoms with Gasteiger partial charge in [0.2, 0.25) is 11.8 Å². The van der Waals surface area contributed by atoms with E-state index in [-0.39, 0.29) is 37.0 Å². The number of aromatic nitrogens is 6. The Balaban J connectivity index is 1.35. The Hall–Kier alpha value is -4.15. The van der Waals surface area contributed by atoms with Crippen molar-refractivity contribution in [3.8, 4) is 17.3 Å². The van der Waals surface area contributed by atoms with Gasteiger partial charge in [-0.15, -0.1) is 15.3 Å². The Kier molecular flexibility index (Phi) is 5.65. The number of halogens is 1. The van der Waals surface area contributed by atoms with Crippen molar-refractivity contribution >= 4 is 11.6 Å². The maximum Gasteiger partial charge on any atom is 0.253 e. The molecule has 0 aliphatic carbocycles. The average Bonchev–Trinajstić information content (AvgIpc) is 3.17. The summed E-state index contributed by atoms with van der Waals surface area (Å²) >= 11 is 0. The molecule has 3 heterocycles. The molecule has 31 heavy (non-hydrogen) atoms. The minimum absolute atomic E-state index is 0.127. The van der Waals surface area contributed by atoms with Crippen molar-refractivity contribution in [2.24, 2.45) is 0 Å². The molecule has 0 aliphatic rings. The predicted molar refractivity (Wildman–Crippen MR) is 108 cm³/mol. The lowest BCUT2D eigenvalue weighted by Gasteiger charge is -2.08. The average molecular weight is 423 g/mol. The van der Waals surface area contributed by atoms with E-state index >= 15 is 0 Å². The molecule has 0 unspecified atom stereocenters. The van der Waals surface area contributed by atoms with Crippen molar-refractivity contribution < 1.29 is 13.9 Å². The first-order valence-electron chi connectivity index (χ1n) is 9.40. The van der Waals surface area contributed by atoms with Crippen LogP contribution in [0.4, 0.5) is 4.39 Å². The summed E-state index contributed by atoms with van der Waals surface area (Å²) in [5.74, 6) is 0.0760. The van der Waals surface area contributed by atoms with Crippen LogP contribution in [0.1, 0.15) is 5.69 Å². The number of amides is 1. The molecule has 0 atom stereocenters. The van der Waals surface area contributed by atoms with Crippen LogP contribution in [-0.4, -0.2) is 48.4 Å². The monoisotopic (exact) mass is 423 g/mol. The lowest BCUT2D eigenvalue weighted by atomic mass is 10.2. The second-order valence-electron chi connectivity index (χ2n) is 6.67. The van der Waals surface area contributed by atoms with Gasteiger partial charge >= 0.3 is 0 Å². The number of carbonyl (C=O) groups is 1. The van der Waals surface area contributed by atoms with Gasteiger partial charge in [0.25, 0.3) is 5.56 Å². The molecule has 158 valence electrons. The summed E-state index contributed by atoms with van der Waals surface area (Å²) in [7, 11) is 0. The van der Waals surface area contributed by atoms with Crippen LogP contribution in [0.25, 0.3) is 17.0 Å². The van der Waals surface area contributed by atoms with Crippen molar-refractivity contribution in [2.75, 3.05) is 13.2 Å². The van der Waals surface area contributed by atoms with Crippen molar-refractivity contribution in [1.82, 2.24) is 34.7 Å². The van der Waals surface area contributed by atoms with Crippen molar-refractivity contribution in [3.05, 3.63) is 70.7 Å². The maximum atomic E-state index is 13.2. The van der Waals surface area contributed by atoms with Crippen LogP contribution < -0.4 is 15.6 Å². The molecule has 11 heteroatoms. The summed E-state index contributed by atoms with van der Waals surface area (Å²) in [6, 6.07) is 10.5. The number of nitrogens with one attached hydrogen (secondary N) is 1. The summed E-state index contributed by atoms with van der Waals surface area (Å²) in [5.41, 5.74) is 1.47. The minimum Gasteiger partial charge on any atom is -0.475 e. The smallest absolute Gasteiger partial charge is 0.253 e. The standard InChI is InChI=1S/C20H18FN7O3/c1-13-10-19(30)27(12-23-13)11-17(29)22-8-9-31-18-7-6-16-24-25-20(28(16)26-18)14-2-4-15(21)5-3-14/h2-7,10,12H,8-9,11H2,1H3,(H,22,29). The van der Waals surface area contributed by atoms with Crippen molar-refractivity contribution in [1.29, 1.82) is 0 Å². The first-order chi connectivity index (χ1) is 15.0. The Morgan fingerprint density at radius 1 is 1.16 bits per heavy atom. The Bertz CT molecular complexity index is 1280. The fourth-order valence-corrected chi connectivity index (χ4v) is 2.82. The van der Waals surface area contributed by atoms with Gasteiger partial charge in [-0.25, -0.2) is 9.37 Å². The van der Waals surface area contributed by atoms with E-state index in [1.165, 1.54) is 33.6 Å². The largest absolute Gasteiger partial charge is 0.475 e. The molecule has 0 spiro atoms. The minimum atomic E-state index is -0.347. The van der Waals surface area contributed by atoms with Crippen LogP contribution in [-0.2, 0) is 11.3 Å². The summed E-state index contributed by atoms with van der Waals surface area (Å²) in [4.78, 5) is 27.8. The van der Waals surface area contributed by atoms with Crippen LogP contribution >= 0.6 is 0 Å². The van der Waals surface area contributed by atoms with Crippen LogP contribution in [0.2, 0.25) is 0 Å². The fourth-order valence-electron chi connectivity index (χ4n) is 2.82. The van der Waals surface area contributed by atoms with Crippen molar-refractivity contribution in [2.45, 2.75) is 13.5 Å². The van der Waals surface area contributed by atoms with E-state index in [2.05, 4.69) is 25.6 Å². The normalized spacial score (nSPS) is 10.9. The molecular weight excluding hydrogens is 405 g/mol. The van der Waals surface area contributed by atoms with Crippen LogP contribution in [0.15, 0.2) is 53.6 Å². The van der Waals surface area contributed by atoms with E-state index in [1.54, 1.807) is 31.2 Å². The molecular formula is C20H18FN7O3. The van der Waals surface area contributed by atoms with Gasteiger partial charge in [0.1, 0.15) is 19.0 Å². The molecule has 0 bridgehead atoms. The Morgan fingerprint density at radius 3 is 2.74 bits per heavy atom. The van der Waals surface area contributed by atoms with Gasteiger partial charge in [-0.3, -0.25) is 14.2 Å². The number of ether oxygens (including phenoxy) is 1. The number of benzene rings is 1. The van der Waals surface area contributed by atoms with Crippen molar-refractivity contribution in [3.63, 3.8) is 0 Å². The van der Waals surface area contributed by atoms with E-state index in [4.69, 9.17) is 4.74 Å². The molecule has 10 nitrogen and oxygen atoms in total. The van der Waals surface area contributed by atoms with Gasteiger partial charge in [-0.1, -0.05) is 0 Å². The highest BCUT2D eigenvalue weighted by molar-refractivity contribution is 5.75. The second kappa shape index (κ2) is 8.69. The third-order valence-corrected chi connectivity index (χ3v) is 4.35. The van der Waals surface area contributed by atoms with E-state index in [0.29, 0.717) is 28.6 Å². The van der Waals surface area contributed by atoms with Crippen LogP contribution in [0.3, 0.4) is 0 Å². The highest BCUT2D eigenvalue weighted by Crippen LogP contribution is 2.19. The number of carbonyl (C=O) groups excluding carboxylic acids is 1. The number of aryl methyl sites for hydroxylation is 1. The number of rotatable bonds is 7. The molecule has 3 aromatic heterocycles. The molecule has 4 aromatic rings. The van der Waals surface area contributed by atoms with Gasteiger partial charge in [0, 0.05) is 23.4 Å². The molecule has 1 aromatic carbocycles. The number of hydrogen-bond donors (Lipinski definition) is 1. The maximum absolute atomic E-state index is 13.2. The number of hydrogen-bond acceptors (Lipinski definition) is 7. The lowest BCUT2D eigenvalue weighted by Crippen LogP contribution is -2.34. The van der Waals surface area contributed by atoms with Gasteiger partial charge in [0.15, 0.2) is 11.5 Å². The van der Waals surface area contributed by atoms with Gasteiger partial charge in [-0.2, -0.15) is 4.52 Å². The quantitative estimate of drug-likeness (QED) is 0.441. The van der Waals surface area contributed by atoms with E-state index in [1.807, 2.05) is 0 Å². The van der Waals surface area contributed by atoms with E-state index in [0.717, 1.165) is 0 Å². The molecule has 1 amide bonds. The molecule has 0 saturated heterocycles. The molecule has 0 aliphatic heterocycles. The first-order valence-corrected chi connectivity index (χ1v) is 9.40. The highest BCUT2D eigenvalue weighted by Gasteiger charge is 2.11. The molecule has 0 radical (unpaired) electrons. The lowest BCUT2D eigenvalue weighted by molar-refractivity contribution is -0.121. The zero-order chi connectivity index (χ0) is 21.8. The van der Waals surface area contributed by atoms with E-state index < -0.39 is 0 Å². The zero-order valence-electron chi connectivity index (χ0n) is 16.5. The summed E-state index contributed by atoms with van der Waals surface area (Å²) in [6.45, 7) is 1.97. The summed E-state index contributed by atoms with van der Waals surface area (Å²) < 4.78 is 21.5. The second-order valence-corrected chi connectivity index (χ2v) is 6.67. The molecule has 0 fully saturated rings. The topological polar surface area (TPSA) is 116 Å². The van der Waals surface area contributed by atoms with E-state index in [9.17, 15) is 14.0 Å². The highest BCUT2D eigenvalue weighted by atomic mass is 19.1. The SMILES string of the molecule is Cc1cc(=O)n(CC(=O)NCCOc2ccc3nnc(-c4ccc(F)cc4)n3n2)cn1. The number of nitrogens with zero attached hydrogens (tertiary/aromatic N) is 6. The molecule has 4 rings (SSSR count). The van der Waals surface area contributed by atoms with Gasteiger partial charge in [0.05, 0.1) is 12.9 Å². The van der Waals surface area contributed by atoms with Crippen LogP contribution in [0.5, 0.6) is 5.88 Å². The number of fused-ring (bicyclic) bond motifs is 1. The van der Waals surface area contributed by atoms with Gasteiger partial charge in [-0.05, 0) is 37.3 Å². The molecule has 0 saturated carbocycles. The Labute approximate surface area is 175 Å².